The van der Waals surface area contributed by atoms with Crippen LogP contribution in [0.2, 0.25) is 11.1 Å². The van der Waals surface area contributed by atoms with Crippen LogP contribution < -0.4 is 0 Å². The minimum atomic E-state index is -1.12. The smallest absolute Gasteiger partial charge is 0.182 e. The highest BCUT2D eigenvalue weighted by Gasteiger charge is 2.29. The van der Waals surface area contributed by atoms with Crippen molar-refractivity contribution >= 4 is 9.04 Å². The van der Waals surface area contributed by atoms with Crippen LogP contribution >= 0.6 is 0 Å². The summed E-state index contributed by atoms with van der Waals surface area (Å²) in [5.74, 6) is 0. The molecule has 0 aromatic carbocycles. The lowest BCUT2D eigenvalue weighted by Gasteiger charge is -2.31. The van der Waals surface area contributed by atoms with Crippen molar-refractivity contribution in [1.29, 1.82) is 0 Å². The van der Waals surface area contributed by atoms with Crippen LogP contribution in [0, 0.1) is 5.41 Å². The molecule has 0 bridgehead atoms. The van der Waals surface area contributed by atoms with Crippen LogP contribution in [-0.2, 0) is 9.16 Å². The Bertz CT molecular complexity index is 191. The van der Waals surface area contributed by atoms with E-state index in [4.69, 9.17) is 9.16 Å². The molecule has 1 unspecified atom stereocenters. The molecule has 0 radical (unpaired) electrons. The standard InChI is InChI=1S/C14H32O2Si/c1-13(2,3)9-12-17(14(4,5)6)16-11-8-10-15-7/h17H,8-12H2,1-7H3. The molecule has 0 aromatic rings. The first-order chi connectivity index (χ1) is 7.67. The van der Waals surface area contributed by atoms with Gasteiger partial charge in [0.2, 0.25) is 0 Å². The van der Waals surface area contributed by atoms with Crippen LogP contribution in [0.5, 0.6) is 0 Å². The maximum absolute atomic E-state index is 6.16. The first-order valence-electron chi connectivity index (χ1n) is 6.77. The molecule has 3 heteroatoms. The van der Waals surface area contributed by atoms with E-state index in [9.17, 15) is 0 Å². The van der Waals surface area contributed by atoms with E-state index < -0.39 is 9.04 Å². The molecule has 0 aliphatic carbocycles. The normalized spacial score (nSPS) is 15.0. The molecule has 0 fully saturated rings. The van der Waals surface area contributed by atoms with Crippen molar-refractivity contribution in [3.63, 3.8) is 0 Å². The third-order valence-corrected chi connectivity index (χ3v) is 6.32. The van der Waals surface area contributed by atoms with Gasteiger partial charge in [0.25, 0.3) is 0 Å². The first-order valence-corrected chi connectivity index (χ1v) is 8.64. The molecule has 0 spiro atoms. The SMILES string of the molecule is COCCCO[SiH](CCC(C)(C)C)C(C)(C)C. The third-order valence-electron chi connectivity index (χ3n) is 2.93. The van der Waals surface area contributed by atoms with Gasteiger partial charge in [0, 0.05) is 20.3 Å². The Kier molecular flexibility index (Phi) is 7.61. The summed E-state index contributed by atoms with van der Waals surface area (Å²) in [6.45, 7) is 15.6. The predicted octanol–water partition coefficient (Wildman–Crippen LogP) is 4.00. The number of hydrogen-bond donors (Lipinski definition) is 0. The number of ether oxygens (including phenoxy) is 1. The second-order valence-corrected chi connectivity index (χ2v) is 10.8. The highest BCUT2D eigenvalue weighted by molar-refractivity contribution is 6.55. The summed E-state index contributed by atoms with van der Waals surface area (Å²) in [7, 11) is 0.628. The lowest BCUT2D eigenvalue weighted by molar-refractivity contribution is 0.169. The van der Waals surface area contributed by atoms with Crippen LogP contribution in [0.25, 0.3) is 0 Å². The van der Waals surface area contributed by atoms with E-state index in [0.717, 1.165) is 19.6 Å². The molecular formula is C14H32O2Si. The van der Waals surface area contributed by atoms with Crippen molar-refractivity contribution in [2.24, 2.45) is 5.41 Å². The quantitative estimate of drug-likeness (QED) is 0.509. The Morgan fingerprint density at radius 2 is 1.53 bits per heavy atom. The van der Waals surface area contributed by atoms with Crippen molar-refractivity contribution < 1.29 is 9.16 Å². The highest BCUT2D eigenvalue weighted by atomic mass is 28.3. The molecule has 0 N–H and O–H groups in total. The summed E-state index contributed by atoms with van der Waals surface area (Å²) < 4.78 is 11.2. The van der Waals surface area contributed by atoms with E-state index in [-0.39, 0.29) is 0 Å². The summed E-state index contributed by atoms with van der Waals surface area (Å²) in [6, 6.07) is 1.28. The van der Waals surface area contributed by atoms with Gasteiger partial charge in [0.05, 0.1) is 0 Å². The Morgan fingerprint density at radius 1 is 0.941 bits per heavy atom. The Hall–Kier alpha value is 0.137. The van der Waals surface area contributed by atoms with Crippen LogP contribution in [0.1, 0.15) is 54.4 Å². The molecule has 0 saturated carbocycles. The van der Waals surface area contributed by atoms with Gasteiger partial charge in [-0.3, -0.25) is 0 Å². The maximum Gasteiger partial charge on any atom is 0.182 e. The van der Waals surface area contributed by atoms with Crippen LogP contribution in [0.4, 0.5) is 0 Å². The lowest BCUT2D eigenvalue weighted by Crippen LogP contribution is -2.31. The Balaban J connectivity index is 4.08. The molecule has 0 heterocycles. The molecular weight excluding hydrogens is 228 g/mol. The van der Waals surface area contributed by atoms with Gasteiger partial charge < -0.3 is 9.16 Å². The first kappa shape index (κ1) is 17.1. The van der Waals surface area contributed by atoms with Crippen molar-refractivity contribution in [1.82, 2.24) is 0 Å². The van der Waals surface area contributed by atoms with E-state index in [1.54, 1.807) is 7.11 Å². The Labute approximate surface area is 110 Å². The zero-order valence-corrected chi connectivity index (χ0v) is 14.1. The fraction of sp³-hybridized carbons (Fsp3) is 1.00. The molecule has 0 aliphatic heterocycles. The van der Waals surface area contributed by atoms with Gasteiger partial charge in [0.15, 0.2) is 9.04 Å². The van der Waals surface area contributed by atoms with Gasteiger partial charge in [0.1, 0.15) is 0 Å². The zero-order valence-electron chi connectivity index (χ0n) is 12.9. The van der Waals surface area contributed by atoms with Gasteiger partial charge in [-0.1, -0.05) is 41.5 Å². The molecule has 104 valence electrons. The van der Waals surface area contributed by atoms with E-state index in [2.05, 4.69) is 41.5 Å². The fourth-order valence-electron chi connectivity index (χ4n) is 1.76. The lowest BCUT2D eigenvalue weighted by atomic mass is 9.94. The average molecular weight is 260 g/mol. The third kappa shape index (κ3) is 9.80. The maximum atomic E-state index is 6.16. The summed E-state index contributed by atoms with van der Waals surface area (Å²) in [5, 5.41) is 0.359. The average Bonchev–Trinajstić information content (AvgIpc) is 2.13. The van der Waals surface area contributed by atoms with E-state index in [0.29, 0.717) is 10.5 Å². The molecule has 0 rings (SSSR count). The molecule has 0 amide bonds. The van der Waals surface area contributed by atoms with Crippen LogP contribution in [-0.4, -0.2) is 29.4 Å². The Morgan fingerprint density at radius 3 is 1.94 bits per heavy atom. The van der Waals surface area contributed by atoms with Gasteiger partial charge in [-0.25, -0.2) is 0 Å². The van der Waals surface area contributed by atoms with Crippen LogP contribution in [0.3, 0.4) is 0 Å². The van der Waals surface area contributed by atoms with Crippen LogP contribution in [0.15, 0.2) is 0 Å². The van der Waals surface area contributed by atoms with E-state index in [1.165, 1.54) is 12.5 Å². The van der Waals surface area contributed by atoms with Crippen molar-refractivity contribution in [3.8, 4) is 0 Å². The number of rotatable bonds is 7. The minimum Gasteiger partial charge on any atom is -0.419 e. The van der Waals surface area contributed by atoms with Gasteiger partial charge in [-0.15, -0.1) is 0 Å². The zero-order chi connectivity index (χ0) is 13.5. The van der Waals surface area contributed by atoms with Gasteiger partial charge >= 0.3 is 0 Å². The summed E-state index contributed by atoms with van der Waals surface area (Å²) in [4.78, 5) is 0. The monoisotopic (exact) mass is 260 g/mol. The minimum absolute atomic E-state index is 0.359. The molecule has 0 aliphatic rings. The number of hydrogen-bond acceptors (Lipinski definition) is 2. The largest absolute Gasteiger partial charge is 0.419 e. The van der Waals surface area contributed by atoms with E-state index in [1.807, 2.05) is 0 Å². The molecule has 0 saturated heterocycles. The predicted molar refractivity (Wildman–Crippen MR) is 78.2 cm³/mol. The van der Waals surface area contributed by atoms with E-state index >= 15 is 0 Å². The molecule has 1 atom stereocenters. The van der Waals surface area contributed by atoms with Gasteiger partial charge in [-0.2, -0.15) is 0 Å². The summed E-state index contributed by atoms with van der Waals surface area (Å²) >= 11 is 0. The second-order valence-electron chi connectivity index (χ2n) is 7.17. The molecule has 2 nitrogen and oxygen atoms in total. The van der Waals surface area contributed by atoms with Crippen molar-refractivity contribution in [3.05, 3.63) is 0 Å². The molecule has 17 heavy (non-hydrogen) atoms. The number of methoxy groups -OCH3 is 1. The van der Waals surface area contributed by atoms with Crippen molar-refractivity contribution in [2.75, 3.05) is 20.3 Å². The summed E-state index contributed by atoms with van der Waals surface area (Å²) in [6.07, 6.45) is 2.29. The molecule has 0 aromatic heterocycles. The van der Waals surface area contributed by atoms with Crippen molar-refractivity contribution in [2.45, 2.75) is 65.5 Å². The topological polar surface area (TPSA) is 18.5 Å². The highest BCUT2D eigenvalue weighted by Crippen LogP contribution is 2.33. The fourth-order valence-corrected chi connectivity index (χ4v) is 4.87. The van der Waals surface area contributed by atoms with Gasteiger partial charge in [-0.05, 0) is 29.3 Å². The second kappa shape index (κ2) is 7.55. The summed E-state index contributed by atoms with van der Waals surface area (Å²) in [5.41, 5.74) is 0.423.